The molecular weight excluding hydrogens is 426 g/mol. The smallest absolute Gasteiger partial charge is 0.235 e. The zero-order valence-corrected chi connectivity index (χ0v) is 19.9. The number of nitrogens with zero attached hydrogens (tertiary/aromatic N) is 4. The van der Waals surface area contributed by atoms with Gasteiger partial charge < -0.3 is 9.88 Å². The summed E-state index contributed by atoms with van der Waals surface area (Å²) in [4.78, 5) is 14.0. The highest BCUT2D eigenvalue weighted by molar-refractivity contribution is 7.99. The van der Waals surface area contributed by atoms with Crippen molar-refractivity contribution >= 4 is 34.0 Å². The molecule has 8 heteroatoms. The molecule has 1 saturated carbocycles. The molecule has 2 aromatic rings. The number of thioether (sulfide) groups is 1. The molecule has 166 valence electrons. The predicted molar refractivity (Wildman–Crippen MR) is 126 cm³/mol. The maximum atomic E-state index is 12.7. The number of aryl methyl sites for hydroxylation is 1. The third kappa shape index (κ3) is 5.15. The molecule has 2 aliphatic rings. The number of thiophene rings is 1. The highest BCUT2D eigenvalue weighted by Crippen LogP contribution is 2.37. The average molecular weight is 458 g/mol. The summed E-state index contributed by atoms with van der Waals surface area (Å²) in [5.74, 6) is 1.76. The van der Waals surface area contributed by atoms with E-state index in [4.69, 9.17) is 0 Å². The summed E-state index contributed by atoms with van der Waals surface area (Å²) in [6.45, 7) is 2.93. The Hall–Kier alpha value is -1.85. The summed E-state index contributed by atoms with van der Waals surface area (Å²) in [6.07, 6.45) is 12.9. The Morgan fingerprint density at radius 2 is 1.90 bits per heavy atom. The zero-order chi connectivity index (χ0) is 21.6. The van der Waals surface area contributed by atoms with Crippen LogP contribution < -0.4 is 5.32 Å². The van der Waals surface area contributed by atoms with Gasteiger partial charge in [0.25, 0.3) is 0 Å². The molecule has 1 amide bonds. The van der Waals surface area contributed by atoms with Crippen LogP contribution in [0.1, 0.15) is 92.5 Å². The third-order valence-electron chi connectivity index (χ3n) is 6.40. The molecule has 0 saturated heterocycles. The molecule has 1 N–H and O–H groups in total. The Morgan fingerprint density at radius 3 is 2.65 bits per heavy atom. The molecule has 4 rings (SSSR count). The van der Waals surface area contributed by atoms with Gasteiger partial charge in [0.15, 0.2) is 5.16 Å². The van der Waals surface area contributed by atoms with Gasteiger partial charge >= 0.3 is 0 Å². The number of carbonyl (C=O) groups is 1. The molecule has 0 unspecified atom stereocenters. The van der Waals surface area contributed by atoms with E-state index < -0.39 is 0 Å². The minimum Gasteiger partial charge on any atom is -0.316 e. The largest absolute Gasteiger partial charge is 0.316 e. The van der Waals surface area contributed by atoms with E-state index in [-0.39, 0.29) is 11.7 Å². The molecule has 2 heterocycles. The van der Waals surface area contributed by atoms with Gasteiger partial charge in [0.2, 0.25) is 5.91 Å². The molecule has 2 aliphatic carbocycles. The van der Waals surface area contributed by atoms with Crippen LogP contribution in [-0.2, 0) is 24.2 Å². The molecule has 0 bridgehead atoms. The maximum absolute atomic E-state index is 12.7. The number of carbonyl (C=O) groups excluding carboxylic acids is 1. The van der Waals surface area contributed by atoms with Gasteiger partial charge in [-0.15, -0.1) is 21.5 Å². The van der Waals surface area contributed by atoms with Crippen molar-refractivity contribution in [2.24, 2.45) is 0 Å². The standard InChI is InChI=1S/C23H31N5OS2/c1-2-28-21(16-10-6-5-7-11-16)26-27-23(28)30-15-20(29)25-22-18(14-24)17-12-8-3-4-9-13-19(17)31-22/h16H,2-13,15H2,1H3,(H,25,29). The van der Waals surface area contributed by atoms with E-state index in [0.717, 1.165) is 53.8 Å². The van der Waals surface area contributed by atoms with Crippen molar-refractivity contribution in [3.63, 3.8) is 0 Å². The highest BCUT2D eigenvalue weighted by atomic mass is 32.2. The number of fused-ring (bicyclic) bond motifs is 1. The number of aromatic nitrogens is 3. The topological polar surface area (TPSA) is 83.6 Å². The molecular formula is C23H31N5OS2. The number of amides is 1. The van der Waals surface area contributed by atoms with Crippen LogP contribution in [0.3, 0.4) is 0 Å². The van der Waals surface area contributed by atoms with Gasteiger partial charge in [0.05, 0.1) is 11.3 Å². The number of hydrogen-bond acceptors (Lipinski definition) is 6. The maximum Gasteiger partial charge on any atom is 0.235 e. The summed E-state index contributed by atoms with van der Waals surface area (Å²) in [5.41, 5.74) is 1.84. The normalized spacial score (nSPS) is 17.4. The second-order valence-electron chi connectivity index (χ2n) is 8.49. The summed E-state index contributed by atoms with van der Waals surface area (Å²) < 4.78 is 2.17. The first-order chi connectivity index (χ1) is 15.2. The predicted octanol–water partition coefficient (Wildman–Crippen LogP) is 5.67. The average Bonchev–Trinajstić information content (AvgIpc) is 3.33. The van der Waals surface area contributed by atoms with Crippen LogP contribution in [0, 0.1) is 11.3 Å². The Labute approximate surface area is 192 Å². The van der Waals surface area contributed by atoms with Crippen molar-refractivity contribution in [3.05, 3.63) is 21.8 Å². The van der Waals surface area contributed by atoms with Crippen molar-refractivity contribution in [1.82, 2.24) is 14.8 Å². The van der Waals surface area contributed by atoms with Crippen LogP contribution in [-0.4, -0.2) is 26.4 Å². The zero-order valence-electron chi connectivity index (χ0n) is 18.3. The fourth-order valence-electron chi connectivity index (χ4n) is 4.79. The van der Waals surface area contributed by atoms with Crippen LogP contribution in [0.2, 0.25) is 0 Å². The van der Waals surface area contributed by atoms with Gasteiger partial charge in [-0.2, -0.15) is 5.26 Å². The molecule has 2 aromatic heterocycles. The fraction of sp³-hybridized carbons (Fsp3) is 0.652. The lowest BCUT2D eigenvalue weighted by Crippen LogP contribution is -2.15. The van der Waals surface area contributed by atoms with E-state index in [1.165, 1.54) is 61.6 Å². The van der Waals surface area contributed by atoms with Gasteiger partial charge in [-0.3, -0.25) is 4.79 Å². The van der Waals surface area contributed by atoms with Crippen molar-refractivity contribution < 1.29 is 4.79 Å². The van der Waals surface area contributed by atoms with E-state index >= 15 is 0 Å². The molecule has 1 fully saturated rings. The number of nitrogens with one attached hydrogen (secondary N) is 1. The SMILES string of the molecule is CCn1c(SCC(=O)Nc2sc3c(c2C#N)CCCCCC3)nnc1C1CCCCC1. The molecule has 0 radical (unpaired) electrons. The molecule has 0 atom stereocenters. The first-order valence-corrected chi connectivity index (χ1v) is 13.4. The van der Waals surface area contributed by atoms with Crippen molar-refractivity contribution in [2.75, 3.05) is 11.1 Å². The summed E-state index contributed by atoms with van der Waals surface area (Å²) >= 11 is 3.03. The first kappa shape index (κ1) is 22.3. The van der Waals surface area contributed by atoms with Crippen LogP contribution >= 0.6 is 23.1 Å². The first-order valence-electron chi connectivity index (χ1n) is 11.6. The Balaban J connectivity index is 1.41. The van der Waals surface area contributed by atoms with Crippen LogP contribution in [0.15, 0.2) is 5.16 Å². The lowest BCUT2D eigenvalue weighted by molar-refractivity contribution is -0.113. The van der Waals surface area contributed by atoms with Gasteiger partial charge in [0, 0.05) is 17.3 Å². The lowest BCUT2D eigenvalue weighted by Gasteiger charge is -2.21. The quantitative estimate of drug-likeness (QED) is 0.565. The van der Waals surface area contributed by atoms with E-state index in [1.807, 2.05) is 0 Å². The van der Waals surface area contributed by atoms with E-state index in [9.17, 15) is 10.1 Å². The highest BCUT2D eigenvalue weighted by Gasteiger charge is 2.24. The molecule has 0 aromatic carbocycles. The number of hydrogen-bond donors (Lipinski definition) is 1. The van der Waals surface area contributed by atoms with Gasteiger partial charge in [0.1, 0.15) is 16.9 Å². The van der Waals surface area contributed by atoms with Crippen LogP contribution in [0.5, 0.6) is 0 Å². The third-order valence-corrected chi connectivity index (χ3v) is 8.57. The van der Waals surface area contributed by atoms with Crippen LogP contribution in [0.25, 0.3) is 0 Å². The van der Waals surface area contributed by atoms with Gasteiger partial charge in [-0.25, -0.2) is 0 Å². The van der Waals surface area contributed by atoms with E-state index in [1.54, 1.807) is 11.3 Å². The monoisotopic (exact) mass is 457 g/mol. The summed E-state index contributed by atoms with van der Waals surface area (Å²) in [6, 6.07) is 2.35. The van der Waals surface area contributed by atoms with E-state index in [0.29, 0.717) is 11.5 Å². The van der Waals surface area contributed by atoms with Gasteiger partial charge in [-0.05, 0) is 51.0 Å². The van der Waals surface area contributed by atoms with Crippen molar-refractivity contribution in [2.45, 2.75) is 95.2 Å². The van der Waals surface area contributed by atoms with Crippen molar-refractivity contribution in [1.29, 1.82) is 5.26 Å². The molecule has 31 heavy (non-hydrogen) atoms. The number of anilines is 1. The summed E-state index contributed by atoms with van der Waals surface area (Å²) in [5, 5.41) is 23.2. The second-order valence-corrected chi connectivity index (χ2v) is 10.5. The summed E-state index contributed by atoms with van der Waals surface area (Å²) in [7, 11) is 0. The minimum absolute atomic E-state index is 0.0828. The Kier molecular flexibility index (Phi) is 7.67. The van der Waals surface area contributed by atoms with E-state index in [2.05, 4.69) is 33.1 Å². The van der Waals surface area contributed by atoms with Crippen molar-refractivity contribution in [3.8, 4) is 6.07 Å². The Bertz CT molecular complexity index is 952. The fourth-order valence-corrected chi connectivity index (χ4v) is 6.85. The molecule has 0 aliphatic heterocycles. The lowest BCUT2D eigenvalue weighted by atomic mass is 9.89. The Morgan fingerprint density at radius 1 is 1.16 bits per heavy atom. The second kappa shape index (κ2) is 10.6. The van der Waals surface area contributed by atoms with Crippen LogP contribution in [0.4, 0.5) is 5.00 Å². The minimum atomic E-state index is -0.0828. The number of rotatable bonds is 6. The van der Waals surface area contributed by atoms with Gasteiger partial charge in [-0.1, -0.05) is 43.9 Å². The molecule has 6 nitrogen and oxygen atoms in total. The number of nitriles is 1. The molecule has 0 spiro atoms.